The molecule has 2 aliphatic heterocycles. The number of unbranched alkanes of at least 4 members (excludes halogenated alkanes) is 1. The molecule has 0 aromatic carbocycles. The van der Waals surface area contributed by atoms with E-state index in [9.17, 15) is 19.8 Å². The van der Waals surface area contributed by atoms with E-state index in [1.54, 1.807) is 0 Å². The van der Waals surface area contributed by atoms with Gasteiger partial charge in [-0.2, -0.15) is 0 Å². The Morgan fingerprint density at radius 2 is 2.04 bits per heavy atom. The van der Waals surface area contributed by atoms with Crippen LogP contribution >= 0.6 is 0 Å². The first-order valence-corrected chi connectivity index (χ1v) is 9.82. The summed E-state index contributed by atoms with van der Waals surface area (Å²) < 4.78 is 12.1. The Morgan fingerprint density at radius 1 is 1.25 bits per heavy atom. The molecule has 3 rings (SSSR count). The number of hydrogen-bond acceptors (Lipinski definition) is 7. The van der Waals surface area contributed by atoms with E-state index in [1.165, 1.54) is 10.8 Å². The lowest BCUT2D eigenvalue weighted by atomic mass is 10.1. The molecule has 2 aliphatic rings. The number of H-pyrrole nitrogens is 1. The van der Waals surface area contributed by atoms with Gasteiger partial charge in [0, 0.05) is 37.8 Å². The number of aryl methyl sites for hydroxylation is 1. The van der Waals surface area contributed by atoms with Gasteiger partial charge in [0.05, 0.1) is 25.9 Å². The number of aromatic nitrogens is 2. The molecule has 3 N–H and O–H groups in total. The van der Waals surface area contributed by atoms with E-state index >= 15 is 0 Å². The molecule has 156 valence electrons. The molecule has 2 fully saturated rings. The lowest BCUT2D eigenvalue weighted by Crippen LogP contribution is -2.36. The number of aliphatic hydroxyl groups is 2. The molecule has 0 spiro atoms. The minimum absolute atomic E-state index is 0.195. The van der Waals surface area contributed by atoms with E-state index in [-0.39, 0.29) is 13.0 Å². The predicted molar refractivity (Wildman–Crippen MR) is 102 cm³/mol. The summed E-state index contributed by atoms with van der Waals surface area (Å²) in [5, 5.41) is 19.1. The highest BCUT2D eigenvalue weighted by Gasteiger charge is 2.35. The predicted octanol–water partition coefficient (Wildman–Crippen LogP) is -0.612. The normalized spacial score (nSPS) is 26.3. The summed E-state index contributed by atoms with van der Waals surface area (Å²) in [5.41, 5.74) is -0.461. The lowest BCUT2D eigenvalue weighted by Gasteiger charge is -2.25. The second kappa shape index (κ2) is 10.1. The van der Waals surface area contributed by atoms with Crippen LogP contribution in [0.4, 0.5) is 0 Å². The van der Waals surface area contributed by atoms with Crippen molar-refractivity contribution in [3.8, 4) is 0 Å². The number of nitrogens with zero attached hydrogens (tertiary/aromatic N) is 2. The van der Waals surface area contributed by atoms with E-state index in [1.807, 2.05) is 0 Å². The molecule has 3 heterocycles. The van der Waals surface area contributed by atoms with Crippen LogP contribution in [-0.2, 0) is 15.9 Å². The first-order chi connectivity index (χ1) is 13.6. The standard InChI is InChI=1S/C19H29N3O6/c23-13-16-15(24)11-17(28-16)22-12-14(18(25)20-19(22)26)5-3-1-2-4-6-21-7-9-27-10-8-21/h2,4,12,15-17,23-24H,1,3,5-11,13H2,(H,20,25,26)/b4-2+/t15-,16+,17+/m0/s1. The Hall–Kier alpha value is -1.78. The minimum atomic E-state index is -0.839. The van der Waals surface area contributed by atoms with Crippen molar-refractivity contribution in [2.24, 2.45) is 0 Å². The monoisotopic (exact) mass is 395 g/mol. The summed E-state index contributed by atoms with van der Waals surface area (Å²) >= 11 is 0. The van der Waals surface area contributed by atoms with Gasteiger partial charge in [0.2, 0.25) is 0 Å². The van der Waals surface area contributed by atoms with Crippen LogP contribution in [0.5, 0.6) is 0 Å². The van der Waals surface area contributed by atoms with E-state index in [4.69, 9.17) is 9.47 Å². The van der Waals surface area contributed by atoms with Gasteiger partial charge in [-0.3, -0.25) is 19.2 Å². The molecular formula is C19H29N3O6. The zero-order chi connectivity index (χ0) is 19.9. The minimum Gasteiger partial charge on any atom is -0.394 e. The Balaban J connectivity index is 1.52. The van der Waals surface area contributed by atoms with Gasteiger partial charge in [-0.05, 0) is 19.3 Å². The van der Waals surface area contributed by atoms with Gasteiger partial charge in [-0.1, -0.05) is 12.2 Å². The molecule has 2 saturated heterocycles. The lowest BCUT2D eigenvalue weighted by molar-refractivity contribution is -0.0460. The Bertz CT molecular complexity index is 768. The molecule has 9 nitrogen and oxygen atoms in total. The highest BCUT2D eigenvalue weighted by molar-refractivity contribution is 5.06. The largest absolute Gasteiger partial charge is 0.394 e. The zero-order valence-electron chi connectivity index (χ0n) is 16.0. The summed E-state index contributed by atoms with van der Waals surface area (Å²) in [4.78, 5) is 28.8. The maximum Gasteiger partial charge on any atom is 0.330 e. The SMILES string of the molecule is O=c1[nH]c(=O)n([C@H]2C[C@H](O)[C@@H](CO)O2)cc1CCC/C=C/CN1CCOCC1. The number of hydrogen-bond donors (Lipinski definition) is 3. The van der Waals surface area contributed by atoms with E-state index in [0.717, 1.165) is 45.7 Å². The maximum atomic E-state index is 12.1. The van der Waals surface area contributed by atoms with Crippen molar-refractivity contribution >= 4 is 0 Å². The van der Waals surface area contributed by atoms with Gasteiger partial charge in [-0.15, -0.1) is 0 Å². The molecule has 3 atom stereocenters. The maximum absolute atomic E-state index is 12.1. The van der Waals surface area contributed by atoms with Crippen molar-refractivity contribution in [2.45, 2.75) is 44.1 Å². The van der Waals surface area contributed by atoms with Crippen molar-refractivity contribution in [1.82, 2.24) is 14.5 Å². The molecule has 0 unspecified atom stereocenters. The summed E-state index contributed by atoms with van der Waals surface area (Å²) in [6.45, 7) is 4.06. The van der Waals surface area contributed by atoms with Crippen LogP contribution in [0.25, 0.3) is 0 Å². The van der Waals surface area contributed by atoms with E-state index in [0.29, 0.717) is 12.0 Å². The first-order valence-electron chi connectivity index (χ1n) is 9.82. The van der Waals surface area contributed by atoms with Crippen LogP contribution in [0.2, 0.25) is 0 Å². The number of rotatable bonds is 8. The number of nitrogens with one attached hydrogen (secondary N) is 1. The van der Waals surface area contributed by atoms with Gasteiger partial charge in [0.1, 0.15) is 12.3 Å². The molecule has 9 heteroatoms. The fourth-order valence-corrected chi connectivity index (χ4v) is 3.50. The van der Waals surface area contributed by atoms with Gasteiger partial charge >= 0.3 is 5.69 Å². The number of aliphatic hydroxyl groups excluding tert-OH is 2. The molecule has 0 bridgehead atoms. The van der Waals surface area contributed by atoms with E-state index < -0.39 is 29.7 Å². The zero-order valence-corrected chi connectivity index (χ0v) is 16.0. The van der Waals surface area contributed by atoms with Crippen LogP contribution < -0.4 is 11.2 Å². The van der Waals surface area contributed by atoms with Gasteiger partial charge in [0.25, 0.3) is 5.56 Å². The van der Waals surface area contributed by atoms with Crippen LogP contribution in [0.3, 0.4) is 0 Å². The summed E-state index contributed by atoms with van der Waals surface area (Å²) in [6, 6.07) is 0. The van der Waals surface area contributed by atoms with Crippen molar-refractivity contribution in [3.63, 3.8) is 0 Å². The Labute approximate surface area is 163 Å². The molecule has 0 radical (unpaired) electrons. The molecule has 0 amide bonds. The topological polar surface area (TPSA) is 117 Å². The first kappa shape index (κ1) is 20.9. The third-order valence-corrected chi connectivity index (χ3v) is 5.19. The van der Waals surface area contributed by atoms with Gasteiger partial charge in [-0.25, -0.2) is 4.79 Å². The number of aromatic amines is 1. The molecule has 0 saturated carbocycles. The van der Waals surface area contributed by atoms with Crippen LogP contribution in [-0.4, -0.2) is 76.3 Å². The second-order valence-electron chi connectivity index (χ2n) is 7.21. The van der Waals surface area contributed by atoms with E-state index in [2.05, 4.69) is 22.0 Å². The molecular weight excluding hydrogens is 366 g/mol. The van der Waals surface area contributed by atoms with Crippen molar-refractivity contribution in [2.75, 3.05) is 39.5 Å². The molecule has 0 aliphatic carbocycles. The van der Waals surface area contributed by atoms with Gasteiger partial charge in [0.15, 0.2) is 0 Å². The number of allylic oxidation sites excluding steroid dienone is 1. The molecule has 1 aromatic rings. The Kier molecular flexibility index (Phi) is 7.57. The van der Waals surface area contributed by atoms with Crippen LogP contribution in [0, 0.1) is 0 Å². The van der Waals surface area contributed by atoms with Crippen molar-refractivity contribution in [1.29, 1.82) is 0 Å². The average molecular weight is 395 g/mol. The molecule has 1 aromatic heterocycles. The third-order valence-electron chi connectivity index (χ3n) is 5.19. The van der Waals surface area contributed by atoms with Crippen molar-refractivity contribution in [3.05, 3.63) is 44.8 Å². The van der Waals surface area contributed by atoms with Crippen LogP contribution in [0.15, 0.2) is 27.9 Å². The highest BCUT2D eigenvalue weighted by Crippen LogP contribution is 2.27. The summed E-state index contributed by atoms with van der Waals surface area (Å²) in [6.07, 6.45) is 5.87. The smallest absolute Gasteiger partial charge is 0.330 e. The van der Waals surface area contributed by atoms with Gasteiger partial charge < -0.3 is 19.7 Å². The highest BCUT2D eigenvalue weighted by atomic mass is 16.5. The van der Waals surface area contributed by atoms with Crippen LogP contribution in [0.1, 0.15) is 31.1 Å². The second-order valence-corrected chi connectivity index (χ2v) is 7.21. The fraction of sp³-hybridized carbons (Fsp3) is 0.684. The summed E-state index contributed by atoms with van der Waals surface area (Å²) in [5.74, 6) is 0. The Morgan fingerprint density at radius 3 is 2.75 bits per heavy atom. The fourth-order valence-electron chi connectivity index (χ4n) is 3.50. The van der Waals surface area contributed by atoms with Crippen molar-refractivity contribution < 1.29 is 19.7 Å². The third kappa shape index (κ3) is 5.39. The quantitative estimate of drug-likeness (QED) is 0.397. The number of morpholine rings is 1. The number of ether oxygens (including phenoxy) is 2. The average Bonchev–Trinajstić information content (AvgIpc) is 3.07. The molecule has 28 heavy (non-hydrogen) atoms. The summed E-state index contributed by atoms with van der Waals surface area (Å²) in [7, 11) is 0.